The summed E-state index contributed by atoms with van der Waals surface area (Å²) in [5.74, 6) is 0.967. The first kappa shape index (κ1) is 13.0. The SMILES string of the molecule is CCC1CCC(NCC(C)(C)CO)CC1. The zero-order valence-electron chi connectivity index (χ0n) is 10.6. The summed E-state index contributed by atoms with van der Waals surface area (Å²) in [5.41, 5.74) is 0.0294. The molecule has 1 aliphatic rings. The van der Waals surface area contributed by atoms with Crippen molar-refractivity contribution in [1.29, 1.82) is 0 Å². The maximum atomic E-state index is 9.16. The highest BCUT2D eigenvalue weighted by atomic mass is 16.3. The van der Waals surface area contributed by atoms with Crippen molar-refractivity contribution in [2.45, 2.75) is 58.9 Å². The van der Waals surface area contributed by atoms with Crippen LogP contribution in [0.5, 0.6) is 0 Å². The van der Waals surface area contributed by atoms with E-state index < -0.39 is 0 Å². The molecule has 0 aromatic rings. The van der Waals surface area contributed by atoms with Crippen molar-refractivity contribution in [3.63, 3.8) is 0 Å². The fraction of sp³-hybridized carbons (Fsp3) is 1.00. The Balaban J connectivity index is 2.19. The summed E-state index contributed by atoms with van der Waals surface area (Å²) >= 11 is 0. The molecule has 0 amide bonds. The van der Waals surface area contributed by atoms with E-state index in [1.54, 1.807) is 0 Å². The van der Waals surface area contributed by atoms with E-state index in [0.717, 1.165) is 12.5 Å². The molecule has 0 aromatic heterocycles. The quantitative estimate of drug-likeness (QED) is 0.735. The Morgan fingerprint density at radius 1 is 1.20 bits per heavy atom. The van der Waals surface area contributed by atoms with E-state index in [0.29, 0.717) is 6.04 Å². The van der Waals surface area contributed by atoms with Gasteiger partial charge in [0.2, 0.25) is 0 Å². The average Bonchev–Trinajstić information content (AvgIpc) is 2.27. The molecule has 1 saturated carbocycles. The molecule has 2 N–H and O–H groups in total. The summed E-state index contributed by atoms with van der Waals surface area (Å²) in [6.45, 7) is 7.72. The molecule has 2 nitrogen and oxygen atoms in total. The predicted octanol–water partition coefficient (Wildman–Crippen LogP) is 2.56. The Morgan fingerprint density at radius 2 is 1.80 bits per heavy atom. The Kier molecular flexibility index (Phi) is 5.07. The van der Waals surface area contributed by atoms with Gasteiger partial charge in [0, 0.05) is 24.6 Å². The van der Waals surface area contributed by atoms with Crippen LogP contribution in [0.3, 0.4) is 0 Å². The van der Waals surface area contributed by atoms with Crippen LogP contribution in [0, 0.1) is 11.3 Å². The molecule has 0 saturated heterocycles. The molecule has 1 aliphatic carbocycles. The Hall–Kier alpha value is -0.0800. The lowest BCUT2D eigenvalue weighted by Gasteiger charge is -2.31. The minimum absolute atomic E-state index is 0.0294. The Bertz CT molecular complexity index is 171. The van der Waals surface area contributed by atoms with Gasteiger partial charge in [-0.3, -0.25) is 0 Å². The van der Waals surface area contributed by atoms with E-state index in [9.17, 15) is 0 Å². The van der Waals surface area contributed by atoms with Crippen LogP contribution < -0.4 is 5.32 Å². The van der Waals surface area contributed by atoms with E-state index in [2.05, 4.69) is 26.1 Å². The highest BCUT2D eigenvalue weighted by Crippen LogP contribution is 2.26. The predicted molar refractivity (Wildman–Crippen MR) is 64.9 cm³/mol. The summed E-state index contributed by atoms with van der Waals surface area (Å²) in [5, 5.41) is 12.8. The minimum atomic E-state index is 0.0294. The maximum absolute atomic E-state index is 9.16. The fourth-order valence-electron chi connectivity index (χ4n) is 2.25. The van der Waals surface area contributed by atoms with Gasteiger partial charge in [-0.05, 0) is 31.6 Å². The standard InChI is InChI=1S/C13H27NO/c1-4-11-5-7-12(8-6-11)14-9-13(2,3)10-15/h11-12,14-15H,4-10H2,1-3H3. The van der Waals surface area contributed by atoms with Gasteiger partial charge in [0.1, 0.15) is 0 Å². The molecule has 0 aromatic carbocycles. The average molecular weight is 213 g/mol. The first-order chi connectivity index (χ1) is 7.07. The zero-order chi connectivity index (χ0) is 11.3. The normalized spacial score (nSPS) is 28.0. The summed E-state index contributed by atoms with van der Waals surface area (Å²) in [6, 6.07) is 0.693. The third-order valence-electron chi connectivity index (χ3n) is 3.72. The van der Waals surface area contributed by atoms with Crippen LogP contribution in [0.25, 0.3) is 0 Å². The molecular formula is C13H27NO. The Morgan fingerprint density at radius 3 is 2.27 bits per heavy atom. The lowest BCUT2D eigenvalue weighted by molar-refractivity contribution is 0.147. The van der Waals surface area contributed by atoms with Gasteiger partial charge in [0.05, 0.1) is 0 Å². The molecule has 0 radical (unpaired) electrons. The van der Waals surface area contributed by atoms with Gasteiger partial charge < -0.3 is 10.4 Å². The van der Waals surface area contributed by atoms with Crippen molar-refractivity contribution in [2.24, 2.45) is 11.3 Å². The second-order valence-corrected chi connectivity index (χ2v) is 5.83. The van der Waals surface area contributed by atoms with Crippen LogP contribution in [-0.4, -0.2) is 24.3 Å². The maximum Gasteiger partial charge on any atom is 0.0494 e. The molecule has 0 aliphatic heterocycles. The van der Waals surface area contributed by atoms with Gasteiger partial charge in [0.25, 0.3) is 0 Å². The lowest BCUT2D eigenvalue weighted by atomic mass is 9.84. The minimum Gasteiger partial charge on any atom is -0.396 e. The summed E-state index contributed by atoms with van der Waals surface area (Å²) < 4.78 is 0. The summed E-state index contributed by atoms with van der Waals surface area (Å²) in [6.07, 6.45) is 6.75. The third kappa shape index (κ3) is 4.52. The fourth-order valence-corrected chi connectivity index (χ4v) is 2.25. The van der Waals surface area contributed by atoms with E-state index in [1.165, 1.54) is 32.1 Å². The van der Waals surface area contributed by atoms with Crippen LogP contribution in [0.4, 0.5) is 0 Å². The molecule has 0 unspecified atom stereocenters. The lowest BCUT2D eigenvalue weighted by Crippen LogP contribution is -2.40. The second kappa shape index (κ2) is 5.86. The van der Waals surface area contributed by atoms with Gasteiger partial charge in [0.15, 0.2) is 0 Å². The van der Waals surface area contributed by atoms with Crippen molar-refractivity contribution in [1.82, 2.24) is 5.32 Å². The highest BCUT2D eigenvalue weighted by molar-refractivity contribution is 4.79. The third-order valence-corrected chi connectivity index (χ3v) is 3.72. The van der Waals surface area contributed by atoms with Crippen LogP contribution >= 0.6 is 0 Å². The number of hydrogen-bond donors (Lipinski definition) is 2. The van der Waals surface area contributed by atoms with Crippen LogP contribution in [0.15, 0.2) is 0 Å². The first-order valence-electron chi connectivity index (χ1n) is 6.41. The number of rotatable bonds is 5. The van der Waals surface area contributed by atoms with Gasteiger partial charge in [-0.15, -0.1) is 0 Å². The van der Waals surface area contributed by atoms with Gasteiger partial charge >= 0.3 is 0 Å². The zero-order valence-corrected chi connectivity index (χ0v) is 10.6. The summed E-state index contributed by atoms with van der Waals surface area (Å²) in [7, 11) is 0. The van der Waals surface area contributed by atoms with Crippen molar-refractivity contribution in [3.05, 3.63) is 0 Å². The van der Waals surface area contributed by atoms with Crippen LogP contribution in [-0.2, 0) is 0 Å². The molecule has 1 fully saturated rings. The first-order valence-corrected chi connectivity index (χ1v) is 6.41. The van der Waals surface area contributed by atoms with Crippen molar-refractivity contribution in [3.8, 4) is 0 Å². The van der Waals surface area contributed by atoms with E-state index in [-0.39, 0.29) is 12.0 Å². The molecule has 1 rings (SSSR count). The second-order valence-electron chi connectivity index (χ2n) is 5.83. The Labute approximate surface area is 94.5 Å². The highest BCUT2D eigenvalue weighted by Gasteiger charge is 2.22. The van der Waals surface area contributed by atoms with Gasteiger partial charge in [-0.2, -0.15) is 0 Å². The van der Waals surface area contributed by atoms with E-state index in [4.69, 9.17) is 5.11 Å². The number of aliphatic hydroxyl groups excluding tert-OH is 1. The molecule has 15 heavy (non-hydrogen) atoms. The summed E-state index contributed by atoms with van der Waals surface area (Å²) in [4.78, 5) is 0. The molecule has 0 bridgehead atoms. The molecule has 0 spiro atoms. The molecule has 90 valence electrons. The topological polar surface area (TPSA) is 32.3 Å². The van der Waals surface area contributed by atoms with Crippen molar-refractivity contribution >= 4 is 0 Å². The molecule has 2 heteroatoms. The van der Waals surface area contributed by atoms with E-state index >= 15 is 0 Å². The smallest absolute Gasteiger partial charge is 0.0494 e. The molecule has 0 heterocycles. The van der Waals surface area contributed by atoms with Crippen LogP contribution in [0.1, 0.15) is 52.9 Å². The molecule has 0 atom stereocenters. The van der Waals surface area contributed by atoms with Crippen LogP contribution in [0.2, 0.25) is 0 Å². The number of hydrogen-bond acceptors (Lipinski definition) is 2. The number of aliphatic hydroxyl groups is 1. The largest absolute Gasteiger partial charge is 0.396 e. The van der Waals surface area contributed by atoms with Gasteiger partial charge in [-0.1, -0.05) is 27.2 Å². The van der Waals surface area contributed by atoms with E-state index in [1.807, 2.05) is 0 Å². The monoisotopic (exact) mass is 213 g/mol. The number of nitrogens with one attached hydrogen (secondary N) is 1. The van der Waals surface area contributed by atoms with Crippen molar-refractivity contribution < 1.29 is 5.11 Å². The molecular weight excluding hydrogens is 186 g/mol. The van der Waals surface area contributed by atoms with Crippen molar-refractivity contribution in [2.75, 3.05) is 13.2 Å². The van der Waals surface area contributed by atoms with Gasteiger partial charge in [-0.25, -0.2) is 0 Å².